The maximum absolute atomic E-state index is 9.08. The van der Waals surface area contributed by atoms with Crippen molar-refractivity contribution in [3.63, 3.8) is 0 Å². The van der Waals surface area contributed by atoms with Crippen molar-refractivity contribution >= 4 is 30.4 Å². The minimum absolute atomic E-state index is 0. The van der Waals surface area contributed by atoms with Crippen molar-refractivity contribution in [2.75, 3.05) is 18.8 Å². The van der Waals surface area contributed by atoms with Crippen molar-refractivity contribution in [3.8, 4) is 0 Å². The third-order valence-corrected chi connectivity index (χ3v) is 0. The maximum atomic E-state index is 9.08. The Morgan fingerprint density at radius 2 is 0.562 bits per heavy atom. The summed E-state index contributed by atoms with van der Waals surface area (Å²) in [5.74, 6) is 0. The van der Waals surface area contributed by atoms with Crippen LogP contribution in [0.4, 0.5) is 0 Å². The Balaban J connectivity index is -0.0000000655. The first-order chi connectivity index (χ1) is 6.00. The van der Waals surface area contributed by atoms with E-state index < -0.39 is 30.4 Å². The van der Waals surface area contributed by atoms with Crippen molar-refractivity contribution in [2.45, 2.75) is 0 Å². The molecule has 0 bridgehead atoms. The summed E-state index contributed by atoms with van der Waals surface area (Å²) < 4.78 is 81.7. The Bertz CT molecular complexity index is 347. The molecule has 0 rings (SSSR count). The van der Waals surface area contributed by atoms with Crippen molar-refractivity contribution in [1.29, 1.82) is 0 Å². The van der Waals surface area contributed by atoms with Crippen LogP contribution in [0.1, 0.15) is 0 Å². The van der Waals surface area contributed by atoms with Gasteiger partial charge in [0.1, 0.15) is 0 Å². The summed E-state index contributed by atoms with van der Waals surface area (Å²) in [6.07, 6.45) is 1.81. The molecule has 0 N–H and O–H groups in total. The fourth-order valence-electron chi connectivity index (χ4n) is 0. The van der Waals surface area contributed by atoms with Gasteiger partial charge in [0.15, 0.2) is 0 Å². The van der Waals surface area contributed by atoms with Crippen molar-refractivity contribution in [1.82, 2.24) is 0 Å². The molecule has 0 aromatic rings. The van der Waals surface area contributed by atoms with Gasteiger partial charge in [0.25, 0.3) is 0 Å². The van der Waals surface area contributed by atoms with E-state index in [0.29, 0.717) is 18.8 Å². The molecule has 0 atom stereocenters. The predicted molar refractivity (Wildman–Crippen MR) is 46.9 cm³/mol. The van der Waals surface area contributed by atoms with Gasteiger partial charge in [-0.15, -0.1) is 0 Å². The molecule has 0 saturated heterocycles. The first-order valence-electron chi connectivity index (χ1n) is 2.72. The van der Waals surface area contributed by atoms with E-state index in [-0.39, 0.29) is 37.3 Å². The average Bonchev–Trinajstić information content (AvgIpc) is 1.41. The van der Waals surface area contributed by atoms with Gasteiger partial charge < -0.3 is 13.7 Å². The topological polar surface area (TPSA) is 172 Å². The van der Waals surface area contributed by atoms with Gasteiger partial charge in [0.05, 0.1) is 30.4 Å². The van der Waals surface area contributed by atoms with Gasteiger partial charge in [-0.3, -0.25) is 0 Å². The summed E-state index contributed by atoms with van der Waals surface area (Å²) in [6.45, 7) is 0. The van der Waals surface area contributed by atoms with Crippen LogP contribution in [0, 0.1) is 37.3 Å². The van der Waals surface area contributed by atoms with Crippen LogP contribution in [0.25, 0.3) is 0 Å². The molecule has 16 heavy (non-hydrogen) atoms. The van der Waals surface area contributed by atoms with Crippen LogP contribution in [0.5, 0.6) is 0 Å². The molecule has 9 nitrogen and oxygen atoms in total. The molecule has 0 aliphatic heterocycles. The molecule has 0 aromatic heterocycles. The van der Waals surface area contributed by atoms with Gasteiger partial charge in [-0.2, -0.15) is 0 Å². The van der Waals surface area contributed by atoms with Crippen molar-refractivity contribution in [2.24, 2.45) is 0 Å². The third kappa shape index (κ3) is 3070. The zero-order valence-corrected chi connectivity index (χ0v) is 12.5. The standard InChI is InChI=1S/3CH4O3S.Er/c3*1-5(2,3)4;/h3*1H3,(H,2,3,4);/q;;;+3/p-3. The molecule has 1 radical (unpaired) electrons. The Morgan fingerprint density at radius 1 is 0.562 bits per heavy atom. The summed E-state index contributed by atoms with van der Waals surface area (Å²) in [6, 6.07) is 0. The summed E-state index contributed by atoms with van der Waals surface area (Å²) in [4.78, 5) is 0. The first kappa shape index (κ1) is 25.7. The number of rotatable bonds is 0. The van der Waals surface area contributed by atoms with Crippen LogP contribution >= 0.6 is 0 Å². The van der Waals surface area contributed by atoms with E-state index in [4.69, 9.17) is 38.9 Å². The van der Waals surface area contributed by atoms with Crippen LogP contribution in [-0.4, -0.2) is 57.7 Å². The van der Waals surface area contributed by atoms with Crippen molar-refractivity contribution < 1.29 is 76.2 Å². The number of hydrogen-bond donors (Lipinski definition) is 0. The molecule has 0 saturated carbocycles. The zero-order valence-electron chi connectivity index (χ0n) is 8.19. The fraction of sp³-hybridized carbons (Fsp3) is 1.00. The second-order valence-corrected chi connectivity index (χ2v) is 6.34. The molecular weight excluding hydrogens is 443 g/mol. The van der Waals surface area contributed by atoms with Gasteiger partial charge >= 0.3 is 37.3 Å². The summed E-state index contributed by atoms with van der Waals surface area (Å²) >= 11 is 0. The Hall–Kier alpha value is 0.977. The molecule has 13 heteroatoms. The second-order valence-electron chi connectivity index (χ2n) is 2.11. The van der Waals surface area contributed by atoms with Crippen LogP contribution in [0.15, 0.2) is 0 Å². The van der Waals surface area contributed by atoms with E-state index in [1.54, 1.807) is 0 Å². The van der Waals surface area contributed by atoms with Crippen molar-refractivity contribution in [3.05, 3.63) is 0 Å². The summed E-state index contributed by atoms with van der Waals surface area (Å²) in [5.41, 5.74) is 0. The van der Waals surface area contributed by atoms with Crippen LogP contribution < -0.4 is 0 Å². The molecule has 0 unspecified atom stereocenters. The Morgan fingerprint density at radius 3 is 0.562 bits per heavy atom. The van der Waals surface area contributed by atoms with E-state index in [2.05, 4.69) is 0 Å². The van der Waals surface area contributed by atoms with Gasteiger partial charge in [-0.05, 0) is 0 Å². The second kappa shape index (κ2) is 9.95. The van der Waals surface area contributed by atoms with Gasteiger partial charge in [0.2, 0.25) is 0 Å². The van der Waals surface area contributed by atoms with E-state index in [1.807, 2.05) is 0 Å². The first-order valence-corrected chi connectivity index (χ1v) is 8.17. The van der Waals surface area contributed by atoms with Gasteiger partial charge in [0, 0.05) is 18.8 Å². The smallest absolute Gasteiger partial charge is 0.748 e. The van der Waals surface area contributed by atoms with E-state index in [9.17, 15) is 0 Å². The monoisotopic (exact) mass is 451 g/mol. The molecule has 0 spiro atoms. The van der Waals surface area contributed by atoms with Gasteiger partial charge in [-0.1, -0.05) is 0 Å². The quantitative estimate of drug-likeness (QED) is 0.360. The normalized spacial score (nSPS) is 10.9. The summed E-state index contributed by atoms with van der Waals surface area (Å²) in [7, 11) is -11.8. The van der Waals surface area contributed by atoms with E-state index in [0.717, 1.165) is 0 Å². The van der Waals surface area contributed by atoms with E-state index in [1.165, 1.54) is 0 Å². The Kier molecular flexibility index (Phi) is 16.0. The minimum Gasteiger partial charge on any atom is -0.748 e. The minimum atomic E-state index is -3.92. The maximum Gasteiger partial charge on any atom is 3.00 e. The molecule has 0 aliphatic carbocycles. The molecule has 0 heterocycles. The van der Waals surface area contributed by atoms with Crippen LogP contribution in [0.3, 0.4) is 0 Å². The molecule has 0 amide bonds. The fourth-order valence-corrected chi connectivity index (χ4v) is 0. The van der Waals surface area contributed by atoms with E-state index >= 15 is 0 Å². The van der Waals surface area contributed by atoms with Crippen LogP contribution in [0.2, 0.25) is 0 Å². The van der Waals surface area contributed by atoms with Crippen LogP contribution in [-0.2, 0) is 30.4 Å². The number of hydrogen-bond acceptors (Lipinski definition) is 9. The SMILES string of the molecule is CS(=O)(=O)[O-].CS(=O)(=O)[O-].CS(=O)(=O)[O-].[Er+3]. The third-order valence-electron chi connectivity index (χ3n) is 0. The Labute approximate surface area is 124 Å². The zero-order chi connectivity index (χ0) is 13.5. The molecule has 0 fully saturated rings. The van der Waals surface area contributed by atoms with Gasteiger partial charge in [-0.25, -0.2) is 25.3 Å². The predicted octanol–water partition coefficient (Wildman–Crippen LogP) is -2.52. The largest absolute Gasteiger partial charge is 3.00 e. The molecular formula is C3H9ErO9S3. The molecule has 0 aromatic carbocycles. The molecule has 105 valence electrons. The average molecular weight is 453 g/mol. The molecule has 0 aliphatic rings. The summed E-state index contributed by atoms with van der Waals surface area (Å²) in [5, 5.41) is 0.